The molecule has 1 saturated heterocycles. The highest BCUT2D eigenvalue weighted by Crippen LogP contribution is 2.32. The van der Waals surface area contributed by atoms with Gasteiger partial charge < -0.3 is 20.5 Å². The Labute approximate surface area is 184 Å². The Morgan fingerprint density at radius 3 is 1.93 bits per heavy atom. The van der Waals surface area contributed by atoms with E-state index in [1.807, 2.05) is 4.90 Å². The van der Waals surface area contributed by atoms with Crippen LogP contribution >= 0.6 is 0 Å². The van der Waals surface area contributed by atoms with Crippen molar-refractivity contribution in [2.75, 3.05) is 26.7 Å². The third-order valence-electron chi connectivity index (χ3n) is 5.34. The van der Waals surface area contributed by atoms with Gasteiger partial charge in [-0.3, -0.25) is 4.79 Å². The van der Waals surface area contributed by atoms with Crippen LogP contribution in [0.15, 0.2) is 30.3 Å². The van der Waals surface area contributed by atoms with Crippen LogP contribution in [0, 0.1) is 5.92 Å². The zero-order chi connectivity index (χ0) is 22.8. The van der Waals surface area contributed by atoms with Gasteiger partial charge in [-0.15, -0.1) is 0 Å². The number of carbonyl (C=O) groups is 2. The fourth-order valence-electron chi connectivity index (χ4n) is 3.67. The van der Waals surface area contributed by atoms with Crippen molar-refractivity contribution in [2.24, 2.45) is 11.7 Å². The summed E-state index contributed by atoms with van der Waals surface area (Å²) in [6.45, 7) is 7.00. The molecule has 2 fully saturated rings. The molecule has 0 spiro atoms. The first-order valence-corrected chi connectivity index (χ1v) is 11.4. The largest absolute Gasteiger partial charge is 0.396 e. The summed E-state index contributed by atoms with van der Waals surface area (Å²) in [6.07, 6.45) is 9.62. The van der Waals surface area contributed by atoms with Crippen LogP contribution in [-0.2, 0) is 9.59 Å². The molecular weight excluding hydrogens is 376 g/mol. The normalized spacial score (nSPS) is 16.7. The van der Waals surface area contributed by atoms with Crippen LogP contribution < -0.4 is 5.73 Å². The molecule has 30 heavy (non-hydrogen) atoms. The highest BCUT2D eigenvalue weighted by atomic mass is 16.3. The lowest BCUT2D eigenvalue weighted by atomic mass is 9.84. The van der Waals surface area contributed by atoms with Gasteiger partial charge in [0.15, 0.2) is 0 Å². The van der Waals surface area contributed by atoms with Crippen molar-refractivity contribution >= 4 is 11.7 Å². The van der Waals surface area contributed by atoms with E-state index < -0.39 is 0 Å². The summed E-state index contributed by atoms with van der Waals surface area (Å²) >= 11 is 0. The van der Waals surface area contributed by atoms with Crippen LogP contribution in [0.3, 0.4) is 0 Å². The molecule has 0 radical (unpaired) electrons. The van der Waals surface area contributed by atoms with Gasteiger partial charge in [0.1, 0.15) is 5.78 Å². The van der Waals surface area contributed by atoms with Crippen LogP contribution in [0.1, 0.15) is 83.6 Å². The van der Waals surface area contributed by atoms with Crippen molar-refractivity contribution in [3.05, 3.63) is 35.9 Å². The van der Waals surface area contributed by atoms with E-state index in [0.29, 0.717) is 0 Å². The molecule has 1 aromatic rings. The molecule has 0 unspecified atom stereocenters. The maximum atomic E-state index is 11.3. The summed E-state index contributed by atoms with van der Waals surface area (Å²) in [5.74, 6) is 1.88. The number of nitrogens with zero attached hydrogens (tertiary/aromatic N) is 1. The second-order valence-corrected chi connectivity index (χ2v) is 8.19. The van der Waals surface area contributed by atoms with E-state index in [4.69, 9.17) is 5.11 Å². The molecule has 1 aromatic carbocycles. The second kappa shape index (κ2) is 18.1. The number of likely N-dealkylation sites (tertiary alicyclic amines) is 1. The predicted molar refractivity (Wildman–Crippen MR) is 125 cm³/mol. The lowest BCUT2D eigenvalue weighted by Crippen LogP contribution is -2.38. The van der Waals surface area contributed by atoms with Gasteiger partial charge in [-0.25, -0.2) is 0 Å². The molecule has 1 saturated carbocycles. The predicted octanol–water partition coefficient (Wildman–Crippen LogP) is 4.53. The smallest absolute Gasteiger partial charge is 0.224 e. The average Bonchev–Trinajstić information content (AvgIpc) is 2.77. The number of aliphatic hydroxyl groups excluding tert-OH is 1. The first-order chi connectivity index (χ1) is 14.4. The van der Waals surface area contributed by atoms with Gasteiger partial charge in [0.2, 0.25) is 5.91 Å². The summed E-state index contributed by atoms with van der Waals surface area (Å²) in [5.41, 5.74) is 6.05. The number of hydrogen-bond donors (Lipinski definition) is 2. The van der Waals surface area contributed by atoms with Crippen LogP contribution in [0.4, 0.5) is 0 Å². The molecule has 3 rings (SSSR count). The van der Waals surface area contributed by atoms with Gasteiger partial charge in [0.25, 0.3) is 0 Å². The summed E-state index contributed by atoms with van der Waals surface area (Å²) < 4.78 is 0. The maximum absolute atomic E-state index is 11.3. The quantitative estimate of drug-likeness (QED) is 0.752. The fraction of sp³-hybridized carbons (Fsp3) is 0.680. The van der Waals surface area contributed by atoms with E-state index in [1.54, 1.807) is 5.56 Å². The number of rotatable bonds is 3. The highest BCUT2D eigenvalue weighted by molar-refractivity contribution is 5.76. The zero-order valence-electron chi connectivity index (χ0n) is 19.6. The number of piperidine rings is 1. The highest BCUT2D eigenvalue weighted by Gasteiger charge is 2.19. The van der Waals surface area contributed by atoms with Crippen LogP contribution in [-0.4, -0.2) is 48.4 Å². The van der Waals surface area contributed by atoms with E-state index in [9.17, 15) is 9.59 Å². The van der Waals surface area contributed by atoms with Gasteiger partial charge >= 0.3 is 0 Å². The van der Waals surface area contributed by atoms with Crippen LogP contribution in [0.5, 0.6) is 0 Å². The van der Waals surface area contributed by atoms with Crippen molar-refractivity contribution in [3.8, 4) is 0 Å². The summed E-state index contributed by atoms with van der Waals surface area (Å²) in [6, 6.07) is 11.0. The molecule has 1 heterocycles. The summed E-state index contributed by atoms with van der Waals surface area (Å²) in [7, 11) is 1.50. The first kappa shape index (κ1) is 28.3. The summed E-state index contributed by atoms with van der Waals surface area (Å²) in [5, 5.41) is 8.57. The van der Waals surface area contributed by atoms with Crippen LogP contribution in [0.25, 0.3) is 0 Å². The molecule has 1 amide bonds. The topological polar surface area (TPSA) is 83.6 Å². The lowest BCUT2D eigenvalue weighted by molar-refractivity contribution is -0.133. The van der Waals surface area contributed by atoms with E-state index in [0.717, 1.165) is 37.8 Å². The third kappa shape index (κ3) is 13.5. The Morgan fingerprint density at radius 2 is 1.47 bits per heavy atom. The minimum absolute atomic E-state index is 0.0229. The molecule has 0 atom stereocenters. The molecule has 0 bridgehead atoms. The number of hydrogen-bond acceptors (Lipinski definition) is 4. The summed E-state index contributed by atoms with van der Waals surface area (Å²) in [4.78, 5) is 22.6. The Morgan fingerprint density at radius 1 is 0.967 bits per heavy atom. The van der Waals surface area contributed by atoms with Crippen molar-refractivity contribution in [2.45, 2.75) is 78.1 Å². The van der Waals surface area contributed by atoms with E-state index in [1.165, 1.54) is 53.0 Å². The van der Waals surface area contributed by atoms with Crippen molar-refractivity contribution in [3.63, 3.8) is 0 Å². The van der Waals surface area contributed by atoms with Gasteiger partial charge in [0, 0.05) is 19.5 Å². The van der Waals surface area contributed by atoms with Crippen molar-refractivity contribution < 1.29 is 14.7 Å². The monoisotopic (exact) mass is 420 g/mol. The van der Waals surface area contributed by atoms with Crippen LogP contribution in [0.2, 0.25) is 0 Å². The van der Waals surface area contributed by atoms with E-state index >= 15 is 0 Å². The average molecular weight is 421 g/mol. The second-order valence-electron chi connectivity index (χ2n) is 8.19. The Balaban J connectivity index is 0.000000447. The van der Waals surface area contributed by atoms with Gasteiger partial charge in [-0.05, 0) is 64.0 Å². The number of ketones is 1. The number of amides is 1. The van der Waals surface area contributed by atoms with E-state index in [2.05, 4.69) is 43.0 Å². The third-order valence-corrected chi connectivity index (χ3v) is 5.34. The first-order valence-electron chi connectivity index (χ1n) is 11.4. The lowest BCUT2D eigenvalue weighted by Gasteiger charge is -2.30. The minimum atomic E-state index is -0.0229. The minimum Gasteiger partial charge on any atom is -0.396 e. The molecule has 3 N–H and O–H groups in total. The molecule has 1 aliphatic carbocycles. The Kier molecular flexibility index (Phi) is 17.0. The number of carbonyl (C=O) groups excluding carboxylic acids is 2. The molecule has 2 aliphatic rings. The number of nitrogens with two attached hydrogens (primary N) is 1. The van der Waals surface area contributed by atoms with Gasteiger partial charge in [-0.2, -0.15) is 0 Å². The Hall–Kier alpha value is -1.72. The molecule has 5 nitrogen and oxygen atoms in total. The zero-order valence-corrected chi connectivity index (χ0v) is 19.6. The standard InChI is InChI=1S/C12H16.C9H17NO2.C3H6O.CH5N/c1-3-7-11(8-4-1)12-9-5-2-6-10-12;1-8-2-5-10(6-3-8)9(12)4-7-11;1-3(2)4;1-2/h1,3-4,7-8,12H,2,5-6,9-10H2;8,11H,2-7H2,1H3;1-2H3;2H2,1H3. The fourth-order valence-corrected chi connectivity index (χ4v) is 3.67. The maximum Gasteiger partial charge on any atom is 0.224 e. The molecule has 5 heteroatoms. The van der Waals surface area contributed by atoms with Gasteiger partial charge in [0.05, 0.1) is 6.61 Å². The van der Waals surface area contributed by atoms with Crippen molar-refractivity contribution in [1.82, 2.24) is 4.90 Å². The van der Waals surface area contributed by atoms with Crippen molar-refractivity contribution in [1.29, 1.82) is 0 Å². The number of aliphatic hydroxyl groups is 1. The number of Topliss-reactive ketones (excluding diaryl/α,β-unsaturated/α-hetero) is 1. The number of benzene rings is 1. The molecular formula is C25H44N2O3. The molecule has 0 aromatic heterocycles. The molecule has 1 aliphatic heterocycles. The van der Waals surface area contributed by atoms with E-state index in [-0.39, 0.29) is 24.7 Å². The SMILES string of the molecule is CC(C)=O.CC1CCN(C(=O)CCO)CC1.CN.c1ccc(C2CCCCC2)cc1. The Bertz CT molecular complexity index is 545. The molecule has 172 valence electrons. The van der Waals surface area contributed by atoms with Gasteiger partial charge in [-0.1, -0.05) is 56.5 Å².